The van der Waals surface area contributed by atoms with E-state index in [4.69, 9.17) is 4.52 Å². The lowest BCUT2D eigenvalue weighted by molar-refractivity contribution is 0.394. The predicted molar refractivity (Wildman–Crippen MR) is 47.5 cm³/mol. The molecule has 62 valence electrons. The van der Waals surface area contributed by atoms with Crippen molar-refractivity contribution in [1.82, 2.24) is 4.67 Å². The summed E-state index contributed by atoms with van der Waals surface area (Å²) in [5.74, 6) is 0. The fourth-order valence-corrected chi connectivity index (χ4v) is 1.63. The molecule has 0 aromatic heterocycles. The predicted octanol–water partition coefficient (Wildman–Crippen LogP) is 2.26. The van der Waals surface area contributed by atoms with Crippen molar-refractivity contribution in [1.29, 1.82) is 0 Å². The molecule has 0 bridgehead atoms. The maximum atomic E-state index is 5.16. The summed E-state index contributed by atoms with van der Waals surface area (Å²) in [4.78, 5) is 0. The Morgan fingerprint density at radius 3 is 2.60 bits per heavy atom. The van der Waals surface area contributed by atoms with Crippen molar-refractivity contribution in [3.8, 4) is 0 Å². The highest BCUT2D eigenvalue weighted by molar-refractivity contribution is 7.29. The van der Waals surface area contributed by atoms with Crippen LogP contribution in [0.15, 0.2) is 0 Å². The third kappa shape index (κ3) is 4.21. The number of hydrogen-bond acceptors (Lipinski definition) is 2. The lowest BCUT2D eigenvalue weighted by atomic mass is 10.5. The van der Waals surface area contributed by atoms with Gasteiger partial charge in [-0.15, -0.1) is 0 Å². The van der Waals surface area contributed by atoms with E-state index in [0.29, 0.717) is 8.96 Å². The van der Waals surface area contributed by atoms with Gasteiger partial charge in [0.15, 0.2) is 0 Å². The van der Waals surface area contributed by atoms with Gasteiger partial charge in [-0.05, 0) is 6.42 Å². The molecule has 1 heterocycles. The molecule has 0 aliphatic carbocycles. The fraction of sp³-hybridized carbons (Fsp3) is 1.00. The molecule has 0 N–H and O–H groups in total. The molecule has 1 fully saturated rings. The van der Waals surface area contributed by atoms with Crippen molar-refractivity contribution >= 4 is 8.96 Å². The first-order chi connectivity index (χ1) is 4.93. The number of nitrogens with zero attached hydrogens (tertiary/aromatic N) is 1. The summed E-state index contributed by atoms with van der Waals surface area (Å²) in [6.07, 6.45) is 1.25. The highest BCUT2D eigenvalue weighted by atomic mass is 31.1. The quantitative estimate of drug-likeness (QED) is 0.579. The lowest BCUT2D eigenvalue weighted by Crippen LogP contribution is -2.11. The molecule has 3 heteroatoms. The molecule has 0 saturated carbocycles. The largest absolute Gasteiger partial charge is 0.345 e. The van der Waals surface area contributed by atoms with Gasteiger partial charge in [0.05, 0.1) is 15.6 Å². The monoisotopic (exact) mass is 163 g/mol. The van der Waals surface area contributed by atoms with Gasteiger partial charge < -0.3 is 4.52 Å². The van der Waals surface area contributed by atoms with E-state index in [1.807, 2.05) is 13.8 Å². The molecular formula is C7H18NOP. The Hall–Kier alpha value is 0.350. The molecule has 1 aliphatic rings. The van der Waals surface area contributed by atoms with Crippen LogP contribution in [0.2, 0.25) is 0 Å². The molecule has 0 aromatic rings. The molecule has 0 spiro atoms. The van der Waals surface area contributed by atoms with Crippen LogP contribution in [0.4, 0.5) is 0 Å². The van der Waals surface area contributed by atoms with E-state index in [1.165, 1.54) is 13.0 Å². The van der Waals surface area contributed by atoms with Gasteiger partial charge in [0.1, 0.15) is 0 Å². The average molecular weight is 163 g/mol. The van der Waals surface area contributed by atoms with Gasteiger partial charge in [-0.25, -0.2) is 0 Å². The Balaban J connectivity index is 0.000000371. The number of rotatable bonds is 2. The van der Waals surface area contributed by atoms with Crippen molar-refractivity contribution in [3.63, 3.8) is 0 Å². The summed E-state index contributed by atoms with van der Waals surface area (Å²) in [6.45, 7) is 9.49. The van der Waals surface area contributed by atoms with Crippen LogP contribution in [0, 0.1) is 0 Å². The minimum Gasteiger partial charge on any atom is -0.345 e. The second-order valence-electron chi connectivity index (χ2n) is 1.93. The first-order valence-corrected chi connectivity index (χ1v) is 4.91. The van der Waals surface area contributed by atoms with Crippen LogP contribution in [0.25, 0.3) is 0 Å². The van der Waals surface area contributed by atoms with Crippen molar-refractivity contribution in [2.75, 3.05) is 19.7 Å². The zero-order valence-electron chi connectivity index (χ0n) is 7.18. The summed E-state index contributed by atoms with van der Waals surface area (Å²) < 4.78 is 7.51. The van der Waals surface area contributed by atoms with Crippen LogP contribution >= 0.6 is 8.96 Å². The van der Waals surface area contributed by atoms with Gasteiger partial charge in [0.25, 0.3) is 0 Å². The number of hydrogen-bond donors (Lipinski definition) is 0. The SMILES string of the molecule is CC.CCCN1CCOP1. The highest BCUT2D eigenvalue weighted by Crippen LogP contribution is 2.24. The summed E-state index contributed by atoms with van der Waals surface area (Å²) in [5, 5.41) is 0. The van der Waals surface area contributed by atoms with E-state index >= 15 is 0 Å². The van der Waals surface area contributed by atoms with E-state index in [0.717, 1.165) is 13.2 Å². The van der Waals surface area contributed by atoms with Crippen molar-refractivity contribution < 1.29 is 4.52 Å². The van der Waals surface area contributed by atoms with Crippen molar-refractivity contribution in [2.45, 2.75) is 27.2 Å². The van der Waals surface area contributed by atoms with Crippen LogP contribution in [0.5, 0.6) is 0 Å². The van der Waals surface area contributed by atoms with Gasteiger partial charge in [-0.2, -0.15) is 0 Å². The second-order valence-corrected chi connectivity index (χ2v) is 3.03. The van der Waals surface area contributed by atoms with Crippen LogP contribution in [0.3, 0.4) is 0 Å². The van der Waals surface area contributed by atoms with Gasteiger partial charge in [0, 0.05) is 13.1 Å². The third-order valence-corrected chi connectivity index (χ3v) is 2.19. The van der Waals surface area contributed by atoms with E-state index < -0.39 is 0 Å². The van der Waals surface area contributed by atoms with Crippen LogP contribution in [-0.4, -0.2) is 24.4 Å². The average Bonchev–Trinajstić information content (AvgIpc) is 2.46. The van der Waals surface area contributed by atoms with E-state index in [2.05, 4.69) is 11.6 Å². The van der Waals surface area contributed by atoms with Gasteiger partial charge in [-0.3, -0.25) is 4.67 Å². The molecule has 0 radical (unpaired) electrons. The zero-order valence-corrected chi connectivity index (χ0v) is 8.18. The van der Waals surface area contributed by atoms with Crippen LogP contribution < -0.4 is 0 Å². The molecule has 1 aliphatic heterocycles. The summed E-state index contributed by atoms with van der Waals surface area (Å²) >= 11 is 0. The molecule has 0 amide bonds. The topological polar surface area (TPSA) is 12.5 Å². The Morgan fingerprint density at radius 1 is 1.50 bits per heavy atom. The zero-order chi connectivity index (χ0) is 7.82. The second kappa shape index (κ2) is 7.46. The molecule has 0 aromatic carbocycles. The first kappa shape index (κ1) is 10.3. The smallest absolute Gasteiger partial charge is 0.0890 e. The standard InChI is InChI=1S/C5H12NOP.C2H6/c1-2-3-6-4-5-7-8-6;1-2/h8H,2-5H2,1H3;1-2H3. The summed E-state index contributed by atoms with van der Waals surface area (Å²) in [5.41, 5.74) is 0. The normalized spacial score (nSPS) is 20.7. The molecular weight excluding hydrogens is 145 g/mol. The van der Waals surface area contributed by atoms with Crippen LogP contribution in [0.1, 0.15) is 27.2 Å². The van der Waals surface area contributed by atoms with Crippen LogP contribution in [-0.2, 0) is 4.52 Å². The van der Waals surface area contributed by atoms with E-state index in [9.17, 15) is 0 Å². The maximum Gasteiger partial charge on any atom is 0.0890 e. The molecule has 10 heavy (non-hydrogen) atoms. The van der Waals surface area contributed by atoms with Gasteiger partial charge >= 0.3 is 0 Å². The van der Waals surface area contributed by atoms with E-state index in [1.54, 1.807) is 0 Å². The Labute approximate surface area is 65.9 Å². The van der Waals surface area contributed by atoms with Crippen molar-refractivity contribution in [2.24, 2.45) is 0 Å². The maximum absolute atomic E-state index is 5.16. The molecule has 1 atom stereocenters. The molecule has 1 unspecified atom stereocenters. The molecule has 2 nitrogen and oxygen atoms in total. The van der Waals surface area contributed by atoms with E-state index in [-0.39, 0.29) is 0 Å². The Bertz CT molecular complexity index is 64.6. The minimum absolute atomic E-state index is 0.640. The first-order valence-electron chi connectivity index (χ1n) is 4.06. The van der Waals surface area contributed by atoms with Gasteiger partial charge in [-0.1, -0.05) is 20.8 Å². The third-order valence-electron chi connectivity index (χ3n) is 1.15. The highest BCUT2D eigenvalue weighted by Gasteiger charge is 2.09. The summed E-state index contributed by atoms with van der Waals surface area (Å²) in [6, 6.07) is 0. The Kier molecular flexibility index (Phi) is 7.72. The lowest BCUT2D eigenvalue weighted by Gasteiger charge is -2.08. The minimum atomic E-state index is 0.640. The Morgan fingerprint density at radius 2 is 2.20 bits per heavy atom. The summed E-state index contributed by atoms with van der Waals surface area (Å²) in [7, 11) is 0.640. The van der Waals surface area contributed by atoms with Crippen molar-refractivity contribution in [3.05, 3.63) is 0 Å². The molecule has 1 rings (SSSR count). The fourth-order valence-electron chi connectivity index (χ4n) is 0.766. The molecule has 1 saturated heterocycles. The van der Waals surface area contributed by atoms with Gasteiger partial charge in [0.2, 0.25) is 0 Å².